The van der Waals surface area contributed by atoms with Crippen molar-refractivity contribution >= 4 is 133 Å². The minimum absolute atomic E-state index is 0. The van der Waals surface area contributed by atoms with E-state index in [1.807, 2.05) is 60.7 Å². The molecular formula is C41H63I6N3O13P3-. The van der Waals surface area contributed by atoms with Gasteiger partial charge in [0.05, 0.1) is 33.0 Å². The molecule has 0 spiro atoms. The zero-order valence-corrected chi connectivity index (χ0v) is 53.3. The third-order valence-corrected chi connectivity index (χ3v) is 17.7. The van der Waals surface area contributed by atoms with Crippen molar-refractivity contribution in [3.63, 3.8) is 0 Å². The average molecular weight is 1660 g/mol. The summed E-state index contributed by atoms with van der Waals surface area (Å²) in [7, 11) is -10.7. The third kappa shape index (κ3) is 19.4. The maximum atomic E-state index is 13.1. The average Bonchev–Trinajstić information content (AvgIpc) is 4.24. The fourth-order valence-corrected chi connectivity index (χ4v) is 12.8. The second-order valence-electron chi connectivity index (χ2n) is 14.0. The topological polar surface area (TPSA) is 220 Å². The van der Waals surface area contributed by atoms with Gasteiger partial charge in [0, 0.05) is 55.0 Å². The van der Waals surface area contributed by atoms with Crippen molar-refractivity contribution in [2.24, 2.45) is 23.5 Å². The van der Waals surface area contributed by atoms with Crippen LogP contribution in [-0.4, -0.2) is 66.0 Å². The summed E-state index contributed by atoms with van der Waals surface area (Å²) in [5.74, 6) is -0.434. The summed E-state index contributed by atoms with van der Waals surface area (Å²) in [5, 5.41) is 1.95. The van der Waals surface area contributed by atoms with E-state index in [0.717, 1.165) is 11.1 Å². The molecule has 3 aliphatic carbocycles. The molecule has 5 rings (SSSR count). The van der Waals surface area contributed by atoms with Gasteiger partial charge in [-0.15, -0.1) is 43.7 Å². The predicted molar refractivity (Wildman–Crippen MR) is 301 cm³/mol. The Kier molecular flexibility index (Phi) is 34.2. The van der Waals surface area contributed by atoms with Crippen LogP contribution < -0.4 is 29.6 Å². The predicted octanol–water partition coefficient (Wildman–Crippen LogP) is 10.4. The van der Waals surface area contributed by atoms with E-state index in [2.05, 4.69) is 105 Å². The van der Waals surface area contributed by atoms with Crippen LogP contribution >= 0.6 is 121 Å². The number of alkyl carbamates (subject to hydrolysis) is 2. The Morgan fingerprint density at radius 1 is 0.667 bits per heavy atom. The van der Waals surface area contributed by atoms with E-state index in [9.17, 15) is 28.2 Å². The van der Waals surface area contributed by atoms with Gasteiger partial charge in [-0.3, -0.25) is 13.7 Å². The molecule has 0 saturated heterocycles. The number of halogens is 6. The van der Waals surface area contributed by atoms with Crippen molar-refractivity contribution in [1.29, 1.82) is 0 Å². The Labute approximate surface area is 460 Å². The van der Waals surface area contributed by atoms with Crippen LogP contribution in [0.4, 0.5) is 9.59 Å². The number of nitrogens with one attached hydrogen (secondary N) is 2. The van der Waals surface area contributed by atoms with Crippen LogP contribution in [-0.2, 0) is 59.0 Å². The zero-order chi connectivity index (χ0) is 49.4. The number of nitrogens with two attached hydrogens (primary N) is 1. The summed E-state index contributed by atoms with van der Waals surface area (Å²) in [6, 6.07) is 18.5. The van der Waals surface area contributed by atoms with Crippen LogP contribution in [0.15, 0.2) is 98.6 Å². The van der Waals surface area contributed by atoms with Crippen molar-refractivity contribution in [1.82, 2.24) is 10.6 Å². The van der Waals surface area contributed by atoms with Crippen LogP contribution in [0.1, 0.15) is 65.0 Å². The molecule has 25 heteroatoms. The van der Waals surface area contributed by atoms with Crippen LogP contribution in [0.2, 0.25) is 0 Å². The molecule has 0 aliphatic heterocycles. The van der Waals surface area contributed by atoms with Crippen LogP contribution in [0.3, 0.4) is 0 Å². The molecule has 2 aromatic carbocycles. The molecule has 2 amide bonds. The Hall–Kier alpha value is 0.990. The normalized spacial score (nSPS) is 24.0. The SMILES string of the molecule is C=C[C@@H]1C[C@]1(N)P(=O)(OCC)OCC.C=C[C@@H]1C[C@]1(NC(=O)OCc1ccccc1)P(=O)(O)OCC.C=C[C@@H]1C[C@]1(NC(=O)OCc1ccccc1)P(=O)(OCC)OCC.I.II.I[I-]I. The van der Waals surface area contributed by atoms with Gasteiger partial charge in [0.25, 0.3) is 0 Å². The van der Waals surface area contributed by atoms with Crippen molar-refractivity contribution in [2.45, 2.75) is 82.9 Å². The first-order chi connectivity index (χ1) is 30.9. The molecule has 3 fully saturated rings. The fraction of sp³-hybridized carbons (Fsp3) is 0.512. The number of amides is 2. The minimum atomic E-state index is -3.99. The van der Waals surface area contributed by atoms with Crippen molar-refractivity contribution in [2.75, 3.05) is 33.0 Å². The number of rotatable bonds is 22. The zero-order valence-electron chi connectivity index (χ0n) is 37.5. The van der Waals surface area contributed by atoms with Gasteiger partial charge in [-0.25, -0.2) is 9.59 Å². The molecule has 16 nitrogen and oxygen atoms in total. The molecule has 5 N–H and O–H groups in total. The van der Waals surface area contributed by atoms with E-state index < -0.39 is 50.8 Å². The van der Waals surface area contributed by atoms with Gasteiger partial charge < -0.3 is 53.4 Å². The van der Waals surface area contributed by atoms with E-state index in [4.69, 9.17) is 37.8 Å². The van der Waals surface area contributed by atoms with Gasteiger partial charge >= 0.3 is 85.5 Å². The van der Waals surface area contributed by atoms with Gasteiger partial charge in [0.1, 0.15) is 18.5 Å². The first-order valence-corrected chi connectivity index (χ1v) is 43.8. The standard InChI is InChI=1S/C17H24NO5P.C15H20NO5P.C9H18NO3P.I3.I2.HI/c1-4-15-12-17(15,24(20,22-5-2)23-6-3)18-16(19)21-13-14-10-8-7-9-11-14;1-3-13-10-15(13,22(18,19)21-4-2)16-14(17)20-11-12-8-6-5-7-9-12;1-4-8-7-9(8,10)14(11,12-5-2)13-6-3;1-3-2;1-2;/h4,7-11,15H,1,5-6,12-13H2,2-3H3,(H,18,19);3,5-9,13H,1,4,10-11H2,2H3,(H,16,17)(H,18,19);4,8H,1,5-7,10H2,2-3H3;;;1H/q;;;-1;;/t15-,17+;13-,15+;8-,9+;;;/m111.../s1. The molecule has 2 aromatic rings. The number of hydrogen-bond donors (Lipinski definition) is 4. The van der Waals surface area contributed by atoms with Crippen LogP contribution in [0.5, 0.6) is 0 Å². The number of benzene rings is 2. The molecule has 0 radical (unpaired) electrons. The van der Waals surface area contributed by atoms with Gasteiger partial charge in [0.2, 0.25) is 0 Å². The third-order valence-electron chi connectivity index (χ3n) is 9.92. The Morgan fingerprint density at radius 2 is 1.00 bits per heavy atom. The van der Waals surface area contributed by atoms with Gasteiger partial charge in [-0.1, -0.05) is 78.9 Å². The number of carbonyl (C=O) groups excluding carboxylic acids is 2. The summed E-state index contributed by atoms with van der Waals surface area (Å²) in [5.41, 5.74) is 7.67. The van der Waals surface area contributed by atoms with Crippen LogP contribution in [0, 0.1) is 17.8 Å². The van der Waals surface area contributed by atoms with Gasteiger partial charge in [0.15, 0.2) is 10.6 Å². The van der Waals surface area contributed by atoms with Gasteiger partial charge in [-0.05, 0) is 65.0 Å². The number of hydrogen-bond acceptors (Lipinski definition) is 13. The summed E-state index contributed by atoms with van der Waals surface area (Å²) in [6.07, 6.45) is 4.91. The summed E-state index contributed by atoms with van der Waals surface area (Å²) in [6.45, 7) is 21.1. The molecule has 3 saturated carbocycles. The second kappa shape index (κ2) is 33.7. The summed E-state index contributed by atoms with van der Waals surface area (Å²) in [4.78, 5) is 34.2. The monoisotopic (exact) mass is 1660 g/mol. The van der Waals surface area contributed by atoms with Crippen molar-refractivity contribution < 1.29 is 73.5 Å². The van der Waals surface area contributed by atoms with Crippen LogP contribution in [0.25, 0.3) is 0 Å². The summed E-state index contributed by atoms with van der Waals surface area (Å²) >= 11 is 9.54. The second-order valence-corrected chi connectivity index (χ2v) is 37.0. The first-order valence-electron chi connectivity index (χ1n) is 20.3. The number of carbonyl (C=O) groups is 2. The van der Waals surface area contributed by atoms with E-state index >= 15 is 0 Å². The molecule has 7 atom stereocenters. The quantitative estimate of drug-likeness (QED) is 0.0490. The van der Waals surface area contributed by atoms with E-state index in [1.165, 1.54) is 0 Å². The number of ether oxygens (including phenoxy) is 2. The maximum absolute atomic E-state index is 13.1. The molecule has 0 aromatic heterocycles. The molecule has 378 valence electrons. The molecule has 3 aliphatic rings. The Morgan fingerprint density at radius 3 is 1.32 bits per heavy atom. The first kappa shape index (κ1) is 67.0. The van der Waals surface area contributed by atoms with E-state index in [1.54, 1.807) is 52.8 Å². The van der Waals surface area contributed by atoms with E-state index in [0.29, 0.717) is 45.7 Å². The molecular weight excluding hydrogens is 1600 g/mol. The van der Waals surface area contributed by atoms with Crippen molar-refractivity contribution in [3.05, 3.63) is 110 Å². The van der Waals surface area contributed by atoms with Crippen molar-refractivity contribution in [3.8, 4) is 0 Å². The molecule has 1 unspecified atom stereocenters. The fourth-order valence-electron chi connectivity index (χ4n) is 6.46. The molecule has 0 heterocycles. The van der Waals surface area contributed by atoms with Gasteiger partial charge in [-0.2, -0.15) is 0 Å². The Bertz CT molecular complexity index is 1920. The summed E-state index contributed by atoms with van der Waals surface area (Å²) < 4.78 is 74.1. The molecule has 66 heavy (non-hydrogen) atoms. The Balaban J connectivity index is 0.000000932. The molecule has 0 bridgehead atoms. The van der Waals surface area contributed by atoms with E-state index in [-0.39, 0.29) is 74.8 Å².